The monoisotopic (exact) mass is 276 g/mol. The van der Waals surface area contributed by atoms with E-state index in [1.807, 2.05) is 6.07 Å². The molecule has 0 aliphatic heterocycles. The summed E-state index contributed by atoms with van der Waals surface area (Å²) in [5.74, 6) is 1.06. The van der Waals surface area contributed by atoms with Gasteiger partial charge in [-0.05, 0) is 31.9 Å². The molecule has 2 aromatic rings. The SMILES string of the molecule is CCCc1ccc(OCC(C)O)c2c(=O)cc(C)oc12. The lowest BCUT2D eigenvalue weighted by molar-refractivity contribution is 0.123. The van der Waals surface area contributed by atoms with Crippen molar-refractivity contribution in [1.29, 1.82) is 0 Å². The number of aliphatic hydroxyl groups excluding tert-OH is 1. The van der Waals surface area contributed by atoms with Gasteiger partial charge in [-0.1, -0.05) is 19.4 Å². The number of hydrogen-bond acceptors (Lipinski definition) is 4. The highest BCUT2D eigenvalue weighted by atomic mass is 16.5. The predicted octanol–water partition coefficient (Wildman–Crippen LogP) is 2.81. The number of benzene rings is 1. The van der Waals surface area contributed by atoms with E-state index < -0.39 is 6.10 Å². The average Bonchev–Trinajstić information content (AvgIpc) is 2.37. The van der Waals surface area contributed by atoms with Gasteiger partial charge in [0.2, 0.25) is 0 Å². The van der Waals surface area contributed by atoms with Crippen molar-refractivity contribution in [2.45, 2.75) is 39.7 Å². The lowest BCUT2D eigenvalue weighted by Gasteiger charge is -2.12. The fourth-order valence-corrected chi connectivity index (χ4v) is 2.20. The zero-order valence-electron chi connectivity index (χ0n) is 12.1. The van der Waals surface area contributed by atoms with Crippen molar-refractivity contribution < 1.29 is 14.3 Å². The van der Waals surface area contributed by atoms with Crippen LogP contribution >= 0.6 is 0 Å². The zero-order chi connectivity index (χ0) is 14.7. The molecule has 1 unspecified atom stereocenters. The van der Waals surface area contributed by atoms with E-state index in [9.17, 15) is 9.90 Å². The van der Waals surface area contributed by atoms with Gasteiger partial charge in [0.1, 0.15) is 29.1 Å². The van der Waals surface area contributed by atoms with Crippen molar-refractivity contribution in [1.82, 2.24) is 0 Å². The van der Waals surface area contributed by atoms with E-state index in [1.54, 1.807) is 19.9 Å². The van der Waals surface area contributed by atoms with Gasteiger partial charge in [0.05, 0.1) is 6.10 Å². The van der Waals surface area contributed by atoms with Crippen molar-refractivity contribution in [3.63, 3.8) is 0 Å². The van der Waals surface area contributed by atoms with Crippen molar-refractivity contribution >= 4 is 11.0 Å². The van der Waals surface area contributed by atoms with Crippen LogP contribution in [0, 0.1) is 6.92 Å². The standard InChI is InChI=1S/C16H20O4/c1-4-5-12-6-7-14(19-9-10(2)17)15-13(18)8-11(3)20-16(12)15/h6-8,10,17H,4-5,9H2,1-3H3. The molecule has 0 amide bonds. The molecule has 1 N–H and O–H groups in total. The predicted molar refractivity (Wildman–Crippen MR) is 78.4 cm³/mol. The fraction of sp³-hybridized carbons (Fsp3) is 0.438. The van der Waals surface area contributed by atoms with Crippen LogP contribution in [0.25, 0.3) is 11.0 Å². The fourth-order valence-electron chi connectivity index (χ4n) is 2.20. The average molecular weight is 276 g/mol. The maximum atomic E-state index is 12.2. The Morgan fingerprint density at radius 2 is 2.15 bits per heavy atom. The summed E-state index contributed by atoms with van der Waals surface area (Å²) < 4.78 is 11.3. The van der Waals surface area contributed by atoms with Crippen molar-refractivity contribution in [2.24, 2.45) is 0 Å². The molecule has 1 atom stereocenters. The number of aliphatic hydroxyl groups is 1. The van der Waals surface area contributed by atoms with E-state index in [1.165, 1.54) is 6.07 Å². The number of rotatable bonds is 5. The quantitative estimate of drug-likeness (QED) is 0.912. The summed E-state index contributed by atoms with van der Waals surface area (Å²) in [6.07, 6.45) is 1.23. The summed E-state index contributed by atoms with van der Waals surface area (Å²) in [6.45, 7) is 5.63. The number of fused-ring (bicyclic) bond motifs is 1. The first-order valence-corrected chi connectivity index (χ1v) is 6.90. The summed E-state index contributed by atoms with van der Waals surface area (Å²) in [4.78, 5) is 12.2. The first-order chi connectivity index (χ1) is 9.52. The minimum Gasteiger partial charge on any atom is -0.490 e. The molecule has 0 saturated carbocycles. The minimum atomic E-state index is -0.585. The van der Waals surface area contributed by atoms with Gasteiger partial charge in [0, 0.05) is 6.07 Å². The summed E-state index contributed by atoms with van der Waals surface area (Å²) in [5, 5.41) is 9.77. The molecular weight excluding hydrogens is 256 g/mol. The Labute approximate surface area is 118 Å². The molecule has 0 saturated heterocycles. The van der Waals surface area contributed by atoms with Crippen LogP contribution in [0.2, 0.25) is 0 Å². The Morgan fingerprint density at radius 1 is 1.40 bits per heavy atom. The van der Waals surface area contributed by atoms with E-state index in [2.05, 4.69) is 6.92 Å². The molecule has 0 fully saturated rings. The third-order valence-electron chi connectivity index (χ3n) is 3.04. The summed E-state index contributed by atoms with van der Waals surface area (Å²) >= 11 is 0. The van der Waals surface area contributed by atoms with Crippen molar-refractivity contribution in [3.8, 4) is 5.75 Å². The molecule has 0 radical (unpaired) electrons. The summed E-state index contributed by atoms with van der Waals surface area (Å²) in [5.41, 5.74) is 1.50. The summed E-state index contributed by atoms with van der Waals surface area (Å²) in [6, 6.07) is 5.17. The molecule has 1 heterocycles. The molecule has 2 rings (SSSR count). The third-order valence-corrected chi connectivity index (χ3v) is 3.04. The second-order valence-corrected chi connectivity index (χ2v) is 5.06. The Kier molecular flexibility index (Phi) is 4.45. The molecule has 4 nitrogen and oxygen atoms in total. The Balaban J connectivity index is 2.60. The van der Waals surface area contributed by atoms with Crippen molar-refractivity contribution in [3.05, 3.63) is 39.7 Å². The highest BCUT2D eigenvalue weighted by molar-refractivity contribution is 5.86. The van der Waals surface area contributed by atoms with Crippen LogP contribution in [0.3, 0.4) is 0 Å². The lowest BCUT2D eigenvalue weighted by atomic mass is 10.1. The van der Waals surface area contributed by atoms with E-state index >= 15 is 0 Å². The van der Waals surface area contributed by atoms with Gasteiger partial charge in [-0.2, -0.15) is 0 Å². The molecule has 1 aromatic heterocycles. The van der Waals surface area contributed by atoms with E-state index in [-0.39, 0.29) is 12.0 Å². The Hall–Kier alpha value is -1.81. The normalized spacial score (nSPS) is 12.6. The van der Waals surface area contributed by atoms with E-state index in [0.29, 0.717) is 22.5 Å². The highest BCUT2D eigenvalue weighted by Gasteiger charge is 2.13. The van der Waals surface area contributed by atoms with Crippen LogP contribution in [0.15, 0.2) is 27.4 Å². The minimum absolute atomic E-state index is 0.109. The first-order valence-electron chi connectivity index (χ1n) is 6.90. The third kappa shape index (κ3) is 3.02. The van der Waals surface area contributed by atoms with Crippen LogP contribution in [0.5, 0.6) is 5.75 Å². The highest BCUT2D eigenvalue weighted by Crippen LogP contribution is 2.27. The molecule has 4 heteroatoms. The first kappa shape index (κ1) is 14.6. The molecule has 1 aromatic carbocycles. The van der Waals surface area contributed by atoms with Gasteiger partial charge in [0.25, 0.3) is 0 Å². The van der Waals surface area contributed by atoms with Gasteiger partial charge in [0.15, 0.2) is 5.43 Å². The van der Waals surface area contributed by atoms with Gasteiger partial charge in [-0.25, -0.2) is 0 Å². The van der Waals surface area contributed by atoms with Gasteiger partial charge in [-0.3, -0.25) is 4.79 Å². The largest absolute Gasteiger partial charge is 0.490 e. The maximum absolute atomic E-state index is 12.2. The van der Waals surface area contributed by atoms with Gasteiger partial charge in [-0.15, -0.1) is 0 Å². The topological polar surface area (TPSA) is 59.7 Å². The number of aryl methyl sites for hydroxylation is 2. The molecule has 0 spiro atoms. The zero-order valence-corrected chi connectivity index (χ0v) is 12.1. The van der Waals surface area contributed by atoms with Gasteiger partial charge >= 0.3 is 0 Å². The molecule has 0 bridgehead atoms. The summed E-state index contributed by atoms with van der Waals surface area (Å²) in [7, 11) is 0. The van der Waals surface area contributed by atoms with E-state index in [0.717, 1.165) is 18.4 Å². The van der Waals surface area contributed by atoms with Crippen LogP contribution in [0.1, 0.15) is 31.6 Å². The molecule has 20 heavy (non-hydrogen) atoms. The lowest BCUT2D eigenvalue weighted by Crippen LogP contribution is -2.14. The van der Waals surface area contributed by atoms with E-state index in [4.69, 9.17) is 9.15 Å². The molecule has 0 aliphatic carbocycles. The Morgan fingerprint density at radius 3 is 2.80 bits per heavy atom. The number of ether oxygens (including phenoxy) is 1. The maximum Gasteiger partial charge on any atom is 0.196 e. The molecule has 108 valence electrons. The van der Waals surface area contributed by atoms with Crippen LogP contribution in [-0.2, 0) is 6.42 Å². The molecular formula is C16H20O4. The van der Waals surface area contributed by atoms with Crippen LogP contribution in [-0.4, -0.2) is 17.8 Å². The Bertz CT molecular complexity index is 655. The second-order valence-electron chi connectivity index (χ2n) is 5.06. The van der Waals surface area contributed by atoms with Gasteiger partial charge < -0.3 is 14.3 Å². The number of hydrogen-bond donors (Lipinski definition) is 1. The smallest absolute Gasteiger partial charge is 0.196 e. The van der Waals surface area contributed by atoms with Crippen molar-refractivity contribution in [2.75, 3.05) is 6.61 Å². The second kappa shape index (κ2) is 6.09. The molecule has 0 aliphatic rings. The van der Waals surface area contributed by atoms with Crippen LogP contribution < -0.4 is 10.2 Å². The van der Waals surface area contributed by atoms with Crippen LogP contribution in [0.4, 0.5) is 0 Å².